The minimum atomic E-state index is -0.932. The molecule has 2 N–H and O–H groups in total. The Bertz CT molecular complexity index is 287. The topological polar surface area (TPSA) is 69.6 Å². The summed E-state index contributed by atoms with van der Waals surface area (Å²) < 4.78 is 0. The lowest BCUT2D eigenvalue weighted by Gasteiger charge is -2.26. The van der Waals surface area contributed by atoms with Crippen molar-refractivity contribution in [3.63, 3.8) is 0 Å². The van der Waals surface area contributed by atoms with Crippen molar-refractivity contribution in [2.45, 2.75) is 40.2 Å². The van der Waals surface area contributed by atoms with Gasteiger partial charge in [0.15, 0.2) is 0 Å². The summed E-state index contributed by atoms with van der Waals surface area (Å²) in [5.41, 5.74) is -1.44. The molecule has 0 bridgehead atoms. The Hall–Kier alpha value is -1.10. The number of carbonyl (C=O) groups is 2. The first-order valence-electron chi connectivity index (χ1n) is 5.68. The van der Waals surface area contributed by atoms with E-state index in [0.717, 1.165) is 0 Å². The van der Waals surface area contributed by atoms with Crippen molar-refractivity contribution in [3.05, 3.63) is 0 Å². The van der Waals surface area contributed by atoms with Crippen LogP contribution < -0.4 is 5.32 Å². The molecule has 0 atom stereocenters. The quantitative estimate of drug-likeness (QED) is 0.751. The number of aliphatic hydroxyl groups is 1. The molecule has 0 unspecified atom stereocenters. The average Bonchev–Trinajstić information content (AvgIpc) is 2.08. The van der Waals surface area contributed by atoms with Gasteiger partial charge in [-0.1, -0.05) is 20.8 Å². The second-order valence-electron chi connectivity index (χ2n) is 5.99. The van der Waals surface area contributed by atoms with Crippen molar-refractivity contribution in [2.75, 3.05) is 20.1 Å². The summed E-state index contributed by atoms with van der Waals surface area (Å²) in [7, 11) is 1.60. The summed E-state index contributed by atoms with van der Waals surface area (Å²) in [4.78, 5) is 24.6. The van der Waals surface area contributed by atoms with Crippen LogP contribution >= 0.6 is 0 Å². The van der Waals surface area contributed by atoms with Gasteiger partial charge in [0.25, 0.3) is 0 Å². The van der Waals surface area contributed by atoms with Crippen LogP contribution in [0.25, 0.3) is 0 Å². The molecule has 0 aliphatic carbocycles. The summed E-state index contributed by atoms with van der Waals surface area (Å²) in [5.74, 6) is -0.382. The van der Waals surface area contributed by atoms with Crippen LogP contribution in [0.2, 0.25) is 0 Å². The van der Waals surface area contributed by atoms with Gasteiger partial charge in [-0.05, 0) is 13.8 Å². The van der Waals surface area contributed by atoms with E-state index in [1.165, 1.54) is 4.90 Å². The summed E-state index contributed by atoms with van der Waals surface area (Å²) in [5, 5.41) is 12.1. The molecule has 100 valence electrons. The average molecular weight is 244 g/mol. The van der Waals surface area contributed by atoms with Crippen LogP contribution in [-0.4, -0.2) is 47.6 Å². The molecule has 0 spiro atoms. The van der Waals surface area contributed by atoms with Crippen LogP contribution in [0.1, 0.15) is 34.6 Å². The Balaban J connectivity index is 4.16. The Morgan fingerprint density at radius 3 is 2.00 bits per heavy atom. The zero-order valence-electron chi connectivity index (χ0n) is 11.6. The summed E-state index contributed by atoms with van der Waals surface area (Å²) >= 11 is 0. The van der Waals surface area contributed by atoms with Gasteiger partial charge in [-0.15, -0.1) is 0 Å². The third kappa shape index (κ3) is 6.94. The number of hydrogen-bond acceptors (Lipinski definition) is 3. The second kappa shape index (κ2) is 5.49. The highest BCUT2D eigenvalue weighted by atomic mass is 16.3. The van der Waals surface area contributed by atoms with Crippen molar-refractivity contribution in [1.29, 1.82) is 0 Å². The molecular weight excluding hydrogens is 220 g/mol. The Morgan fingerprint density at radius 2 is 1.65 bits per heavy atom. The number of amides is 2. The number of likely N-dealkylation sites (N-methyl/N-ethyl adjacent to an activating group) is 1. The van der Waals surface area contributed by atoms with E-state index in [0.29, 0.717) is 0 Å². The van der Waals surface area contributed by atoms with E-state index in [-0.39, 0.29) is 24.9 Å². The Kier molecular flexibility index (Phi) is 5.13. The number of rotatable bonds is 4. The minimum Gasteiger partial charge on any atom is -0.389 e. The molecule has 0 saturated carbocycles. The molecule has 2 amide bonds. The third-order valence-electron chi connectivity index (χ3n) is 2.13. The lowest BCUT2D eigenvalue weighted by Crippen LogP contribution is -2.46. The largest absolute Gasteiger partial charge is 0.389 e. The third-order valence-corrected chi connectivity index (χ3v) is 2.13. The fourth-order valence-electron chi connectivity index (χ4n) is 1.22. The minimum absolute atomic E-state index is 0.0390. The van der Waals surface area contributed by atoms with Crippen molar-refractivity contribution in [2.24, 2.45) is 5.41 Å². The monoisotopic (exact) mass is 244 g/mol. The predicted octanol–water partition coefficient (Wildman–Crippen LogP) is 0.378. The van der Waals surface area contributed by atoms with Gasteiger partial charge in [0.2, 0.25) is 11.8 Å². The molecule has 17 heavy (non-hydrogen) atoms. The Labute approximate surface area is 103 Å². The van der Waals surface area contributed by atoms with E-state index in [2.05, 4.69) is 5.32 Å². The zero-order chi connectivity index (χ0) is 13.9. The summed E-state index contributed by atoms with van der Waals surface area (Å²) in [6, 6.07) is 0. The zero-order valence-corrected chi connectivity index (χ0v) is 11.6. The molecule has 0 aromatic rings. The highest BCUT2D eigenvalue weighted by Crippen LogP contribution is 2.12. The maximum absolute atomic E-state index is 11.7. The van der Waals surface area contributed by atoms with Crippen molar-refractivity contribution in [3.8, 4) is 0 Å². The lowest BCUT2D eigenvalue weighted by atomic mass is 9.96. The van der Waals surface area contributed by atoms with Gasteiger partial charge in [0, 0.05) is 19.0 Å². The van der Waals surface area contributed by atoms with Gasteiger partial charge in [-0.3, -0.25) is 9.59 Å². The van der Waals surface area contributed by atoms with Gasteiger partial charge in [0.05, 0.1) is 12.1 Å². The van der Waals surface area contributed by atoms with Crippen molar-refractivity contribution >= 4 is 11.8 Å². The first-order chi connectivity index (χ1) is 7.43. The lowest BCUT2D eigenvalue weighted by molar-refractivity contribution is -0.136. The van der Waals surface area contributed by atoms with Crippen LogP contribution in [0.15, 0.2) is 0 Å². The molecule has 0 saturated heterocycles. The number of nitrogens with one attached hydrogen (secondary N) is 1. The molecule has 0 aromatic carbocycles. The number of carbonyl (C=O) groups excluding carboxylic acids is 2. The van der Waals surface area contributed by atoms with Gasteiger partial charge in [-0.2, -0.15) is 0 Å². The maximum atomic E-state index is 11.7. The molecular formula is C12H24N2O3. The molecule has 5 heteroatoms. The predicted molar refractivity (Wildman–Crippen MR) is 66.4 cm³/mol. The van der Waals surface area contributed by atoms with Crippen LogP contribution in [0.4, 0.5) is 0 Å². The molecule has 0 radical (unpaired) electrons. The van der Waals surface area contributed by atoms with E-state index in [1.807, 2.05) is 0 Å². The van der Waals surface area contributed by atoms with E-state index in [9.17, 15) is 14.7 Å². The molecule has 0 rings (SSSR count). The van der Waals surface area contributed by atoms with Gasteiger partial charge in [-0.25, -0.2) is 0 Å². The first-order valence-corrected chi connectivity index (χ1v) is 5.68. The molecule has 5 nitrogen and oxygen atoms in total. The normalized spacial score (nSPS) is 12.2. The highest BCUT2D eigenvalue weighted by Gasteiger charge is 2.23. The van der Waals surface area contributed by atoms with Gasteiger partial charge >= 0.3 is 0 Å². The van der Waals surface area contributed by atoms with Crippen LogP contribution in [0.3, 0.4) is 0 Å². The van der Waals surface area contributed by atoms with Gasteiger partial charge < -0.3 is 15.3 Å². The summed E-state index contributed by atoms with van der Waals surface area (Å²) in [6.07, 6.45) is 0. The second-order valence-corrected chi connectivity index (χ2v) is 5.99. The number of hydrogen-bond donors (Lipinski definition) is 2. The highest BCUT2D eigenvalue weighted by molar-refractivity contribution is 5.87. The SMILES string of the molecule is CN(CC(C)(C)O)C(=O)CNC(=O)C(C)(C)C. The standard InChI is InChI=1S/C12H24N2O3/c1-11(2,3)10(16)13-7-9(15)14(6)8-12(4,5)17/h17H,7-8H2,1-6H3,(H,13,16). The first kappa shape index (κ1) is 15.9. The number of nitrogens with zero attached hydrogens (tertiary/aromatic N) is 1. The van der Waals surface area contributed by atoms with Gasteiger partial charge in [0.1, 0.15) is 0 Å². The molecule has 0 aliphatic rings. The molecule has 0 aliphatic heterocycles. The fourth-order valence-corrected chi connectivity index (χ4v) is 1.22. The van der Waals surface area contributed by atoms with Crippen LogP contribution in [0.5, 0.6) is 0 Å². The van der Waals surface area contributed by atoms with Crippen molar-refractivity contribution < 1.29 is 14.7 Å². The smallest absolute Gasteiger partial charge is 0.241 e. The molecule has 0 aromatic heterocycles. The Morgan fingerprint density at radius 1 is 1.18 bits per heavy atom. The van der Waals surface area contributed by atoms with E-state index < -0.39 is 11.0 Å². The maximum Gasteiger partial charge on any atom is 0.241 e. The van der Waals surface area contributed by atoms with Crippen LogP contribution in [-0.2, 0) is 9.59 Å². The summed E-state index contributed by atoms with van der Waals surface area (Å²) in [6.45, 7) is 8.81. The van der Waals surface area contributed by atoms with E-state index in [4.69, 9.17) is 0 Å². The van der Waals surface area contributed by atoms with Crippen molar-refractivity contribution in [1.82, 2.24) is 10.2 Å². The van der Waals surface area contributed by atoms with E-state index >= 15 is 0 Å². The molecule has 0 fully saturated rings. The fraction of sp³-hybridized carbons (Fsp3) is 0.833. The van der Waals surface area contributed by atoms with E-state index in [1.54, 1.807) is 41.7 Å². The van der Waals surface area contributed by atoms with Crippen LogP contribution in [0, 0.1) is 5.41 Å². The molecule has 0 heterocycles.